The number of anilines is 1. The largest absolute Gasteiger partial charge is 0.493 e. The van der Waals surface area contributed by atoms with Gasteiger partial charge in [0.15, 0.2) is 16.5 Å². The molecule has 0 aliphatic rings. The third kappa shape index (κ3) is 1.94. The van der Waals surface area contributed by atoms with E-state index in [-0.39, 0.29) is 0 Å². The molecule has 0 bridgehead atoms. The summed E-state index contributed by atoms with van der Waals surface area (Å²) in [5.74, 6) is 0.528. The average Bonchev–Trinajstić information content (AvgIpc) is 2.76. The van der Waals surface area contributed by atoms with E-state index in [2.05, 4.69) is 4.98 Å². The van der Waals surface area contributed by atoms with E-state index in [0.29, 0.717) is 27.7 Å². The molecule has 0 saturated heterocycles. The van der Waals surface area contributed by atoms with Crippen molar-refractivity contribution in [2.45, 2.75) is 6.92 Å². The molecule has 0 radical (unpaired) electrons. The van der Waals surface area contributed by atoms with E-state index in [1.54, 1.807) is 12.1 Å². The Morgan fingerprint density at radius 3 is 2.85 bits per heavy atom. The molecule has 20 heavy (non-hydrogen) atoms. The Morgan fingerprint density at radius 1 is 1.40 bits per heavy atom. The summed E-state index contributed by atoms with van der Waals surface area (Å²) >= 11 is 1.35. The highest BCUT2D eigenvalue weighted by molar-refractivity contribution is 7.15. The number of para-hydroxylation sites is 1. The molecule has 102 valence electrons. The van der Waals surface area contributed by atoms with Crippen LogP contribution in [-0.2, 0) is 0 Å². The number of methoxy groups -OCH3 is 1. The number of aryl methyl sites for hydroxylation is 1. The maximum atomic E-state index is 12.2. The van der Waals surface area contributed by atoms with E-state index in [1.807, 2.05) is 19.1 Å². The van der Waals surface area contributed by atoms with Crippen molar-refractivity contribution in [2.24, 2.45) is 0 Å². The van der Waals surface area contributed by atoms with Crippen LogP contribution in [0.15, 0.2) is 33.5 Å². The van der Waals surface area contributed by atoms with Crippen molar-refractivity contribution < 1.29 is 9.15 Å². The number of ether oxygens (including phenoxy) is 1. The zero-order valence-corrected chi connectivity index (χ0v) is 11.8. The number of hydrogen-bond acceptors (Lipinski definition) is 6. The highest BCUT2D eigenvalue weighted by Gasteiger charge is 2.15. The molecule has 3 rings (SSSR count). The maximum absolute atomic E-state index is 12.2. The van der Waals surface area contributed by atoms with Crippen LogP contribution in [-0.4, -0.2) is 12.1 Å². The van der Waals surface area contributed by atoms with Gasteiger partial charge in [-0.05, 0) is 19.1 Å². The van der Waals surface area contributed by atoms with Crippen LogP contribution in [0.1, 0.15) is 4.88 Å². The fourth-order valence-electron chi connectivity index (χ4n) is 2.11. The molecule has 0 aliphatic heterocycles. The monoisotopic (exact) mass is 288 g/mol. The Balaban J connectivity index is 2.31. The molecule has 0 amide bonds. The van der Waals surface area contributed by atoms with Crippen molar-refractivity contribution >= 4 is 27.4 Å². The third-order valence-electron chi connectivity index (χ3n) is 3.01. The second kappa shape index (κ2) is 4.64. The Morgan fingerprint density at radius 2 is 2.20 bits per heavy atom. The van der Waals surface area contributed by atoms with Gasteiger partial charge in [0, 0.05) is 10.3 Å². The second-order valence-electron chi connectivity index (χ2n) is 4.28. The van der Waals surface area contributed by atoms with Crippen molar-refractivity contribution in [1.82, 2.24) is 4.98 Å². The minimum atomic E-state index is -0.449. The molecule has 5 nitrogen and oxygen atoms in total. The summed E-state index contributed by atoms with van der Waals surface area (Å²) in [6.07, 6.45) is 0. The van der Waals surface area contributed by atoms with Gasteiger partial charge < -0.3 is 14.9 Å². The summed E-state index contributed by atoms with van der Waals surface area (Å²) < 4.78 is 10.6. The molecule has 3 aromatic rings. The smallest absolute Gasteiger partial charge is 0.345 e. The van der Waals surface area contributed by atoms with Gasteiger partial charge in [0.25, 0.3) is 0 Å². The summed E-state index contributed by atoms with van der Waals surface area (Å²) in [7, 11) is 1.54. The van der Waals surface area contributed by atoms with E-state index < -0.39 is 5.63 Å². The minimum absolute atomic E-state index is 0.413. The zero-order chi connectivity index (χ0) is 14.3. The van der Waals surface area contributed by atoms with Gasteiger partial charge >= 0.3 is 5.63 Å². The number of fused-ring (bicyclic) bond motifs is 1. The lowest BCUT2D eigenvalue weighted by molar-refractivity contribution is 0.407. The molecule has 2 N–H and O–H groups in total. The van der Waals surface area contributed by atoms with Crippen LogP contribution in [0.3, 0.4) is 0 Å². The summed E-state index contributed by atoms with van der Waals surface area (Å²) in [5.41, 5.74) is 6.65. The number of nitrogens with zero attached hydrogens (tertiary/aromatic N) is 1. The summed E-state index contributed by atoms with van der Waals surface area (Å²) in [6.45, 7) is 1.87. The summed E-state index contributed by atoms with van der Waals surface area (Å²) in [4.78, 5) is 17.2. The lowest BCUT2D eigenvalue weighted by atomic mass is 10.1. The predicted octanol–water partition coefficient (Wildman–Crippen LogP) is 2.82. The van der Waals surface area contributed by atoms with Crippen molar-refractivity contribution in [1.29, 1.82) is 0 Å². The molecule has 0 saturated carbocycles. The van der Waals surface area contributed by atoms with E-state index in [0.717, 1.165) is 10.3 Å². The highest BCUT2D eigenvalue weighted by atomic mass is 32.1. The number of rotatable bonds is 2. The SMILES string of the molecule is COc1cccc2cc(-c3nc(N)sc3C)c(=O)oc12. The average molecular weight is 288 g/mol. The summed E-state index contributed by atoms with van der Waals surface area (Å²) in [6, 6.07) is 7.20. The van der Waals surface area contributed by atoms with Gasteiger partial charge in [-0.2, -0.15) is 0 Å². The van der Waals surface area contributed by atoms with E-state index in [9.17, 15) is 4.79 Å². The molecular formula is C14H12N2O3S. The Labute approximate surface area is 118 Å². The molecule has 0 spiro atoms. The van der Waals surface area contributed by atoms with Crippen LogP contribution in [0.25, 0.3) is 22.2 Å². The quantitative estimate of drug-likeness (QED) is 0.734. The molecule has 2 aromatic heterocycles. The molecule has 0 fully saturated rings. The molecular weight excluding hydrogens is 276 g/mol. The number of benzene rings is 1. The number of thiazole rings is 1. The Hall–Kier alpha value is -2.34. The molecule has 0 unspecified atom stereocenters. The van der Waals surface area contributed by atoms with Crippen LogP contribution >= 0.6 is 11.3 Å². The van der Waals surface area contributed by atoms with E-state index >= 15 is 0 Å². The number of hydrogen-bond donors (Lipinski definition) is 1. The first-order valence-electron chi connectivity index (χ1n) is 5.94. The first-order valence-corrected chi connectivity index (χ1v) is 6.76. The topological polar surface area (TPSA) is 78.4 Å². The third-order valence-corrected chi connectivity index (χ3v) is 3.81. The van der Waals surface area contributed by atoms with Crippen LogP contribution in [0.2, 0.25) is 0 Å². The fourth-order valence-corrected chi connectivity index (χ4v) is 2.81. The highest BCUT2D eigenvalue weighted by Crippen LogP contribution is 2.30. The van der Waals surface area contributed by atoms with Gasteiger partial charge in [0.1, 0.15) is 0 Å². The van der Waals surface area contributed by atoms with E-state index in [4.69, 9.17) is 14.9 Å². The second-order valence-corrected chi connectivity index (χ2v) is 5.52. The first-order chi connectivity index (χ1) is 9.60. The molecule has 6 heteroatoms. The van der Waals surface area contributed by atoms with Crippen molar-refractivity contribution in [2.75, 3.05) is 12.8 Å². The number of aromatic nitrogens is 1. The fraction of sp³-hybridized carbons (Fsp3) is 0.143. The van der Waals surface area contributed by atoms with Crippen LogP contribution in [0, 0.1) is 6.92 Å². The number of nitrogen functional groups attached to an aromatic ring is 1. The van der Waals surface area contributed by atoms with Crippen molar-refractivity contribution in [3.8, 4) is 17.0 Å². The molecule has 2 heterocycles. The Kier molecular flexibility index (Phi) is 2.94. The molecule has 0 atom stereocenters. The lowest BCUT2D eigenvalue weighted by Gasteiger charge is -2.05. The van der Waals surface area contributed by atoms with Gasteiger partial charge in [0.05, 0.1) is 18.4 Å². The maximum Gasteiger partial charge on any atom is 0.345 e. The van der Waals surface area contributed by atoms with Crippen molar-refractivity contribution in [3.63, 3.8) is 0 Å². The zero-order valence-electron chi connectivity index (χ0n) is 11.0. The molecule has 0 aliphatic carbocycles. The Bertz CT molecular complexity index is 851. The van der Waals surface area contributed by atoms with Gasteiger partial charge in [-0.25, -0.2) is 9.78 Å². The lowest BCUT2D eigenvalue weighted by Crippen LogP contribution is -2.04. The van der Waals surface area contributed by atoms with Crippen molar-refractivity contribution in [3.05, 3.63) is 39.6 Å². The predicted molar refractivity (Wildman–Crippen MR) is 79.3 cm³/mol. The van der Waals surface area contributed by atoms with Gasteiger partial charge in [-0.1, -0.05) is 12.1 Å². The van der Waals surface area contributed by atoms with Crippen LogP contribution < -0.4 is 16.1 Å². The number of nitrogens with two attached hydrogens (primary N) is 1. The standard InChI is InChI=1S/C14H12N2O3S/c1-7-11(16-14(15)20-7)9-6-8-4-3-5-10(18-2)12(8)19-13(9)17/h3-6H,1-2H3,(H2,15,16). The van der Waals surface area contributed by atoms with Crippen LogP contribution in [0.5, 0.6) is 5.75 Å². The van der Waals surface area contributed by atoms with Gasteiger partial charge in [-0.15, -0.1) is 11.3 Å². The van der Waals surface area contributed by atoms with Gasteiger partial charge in [0.2, 0.25) is 0 Å². The summed E-state index contributed by atoms with van der Waals surface area (Å²) in [5, 5.41) is 1.22. The van der Waals surface area contributed by atoms with Crippen LogP contribution in [0.4, 0.5) is 5.13 Å². The first kappa shape index (κ1) is 12.7. The van der Waals surface area contributed by atoms with Gasteiger partial charge in [-0.3, -0.25) is 0 Å². The van der Waals surface area contributed by atoms with E-state index in [1.165, 1.54) is 18.4 Å². The molecule has 1 aromatic carbocycles. The normalized spacial score (nSPS) is 10.9. The minimum Gasteiger partial charge on any atom is -0.493 e.